The highest BCUT2D eigenvalue weighted by Gasteiger charge is 2.16. The molecule has 5 nitrogen and oxygen atoms in total. The average molecular weight is 304 g/mol. The molecular weight excluding hydrogens is 282 g/mol. The third kappa shape index (κ3) is 7.33. The molecule has 0 aliphatic rings. The zero-order chi connectivity index (χ0) is 15.7. The molecule has 21 heavy (non-hydrogen) atoms. The Hall–Kier alpha value is -1.28. The van der Waals surface area contributed by atoms with E-state index in [-0.39, 0.29) is 26.3 Å². The van der Waals surface area contributed by atoms with E-state index < -0.39 is 19.1 Å². The first kappa shape index (κ1) is 17.8. The lowest BCUT2D eigenvalue weighted by Gasteiger charge is -2.23. The molecule has 1 rings (SSSR count). The first-order valence-corrected chi connectivity index (χ1v) is 6.76. The molecule has 0 aliphatic carbocycles. The van der Waals surface area contributed by atoms with Crippen molar-refractivity contribution in [1.29, 1.82) is 0 Å². The van der Waals surface area contributed by atoms with Gasteiger partial charge in [0.05, 0.1) is 13.2 Å². The Morgan fingerprint density at radius 3 is 2.67 bits per heavy atom. The topological polar surface area (TPSA) is 79.0 Å². The van der Waals surface area contributed by atoms with Gasteiger partial charge >= 0.3 is 0 Å². The van der Waals surface area contributed by atoms with E-state index in [1.54, 1.807) is 18.2 Å². The molecule has 7 heteroatoms. The molecule has 0 amide bonds. The SMILES string of the molecule is NCc1cccc(OCC(O)CN(CCO)CC(F)F)c1. The number of rotatable bonds is 10. The van der Waals surface area contributed by atoms with Crippen molar-refractivity contribution in [2.75, 3.05) is 32.8 Å². The van der Waals surface area contributed by atoms with E-state index in [0.717, 1.165) is 5.56 Å². The van der Waals surface area contributed by atoms with Crippen LogP contribution in [0.3, 0.4) is 0 Å². The van der Waals surface area contributed by atoms with Crippen LogP contribution in [0.1, 0.15) is 5.56 Å². The summed E-state index contributed by atoms with van der Waals surface area (Å²) in [4.78, 5) is 1.30. The number of ether oxygens (including phenoxy) is 1. The zero-order valence-corrected chi connectivity index (χ0v) is 11.8. The second-order valence-electron chi connectivity index (χ2n) is 4.69. The van der Waals surface area contributed by atoms with Gasteiger partial charge in [0.25, 0.3) is 6.43 Å². The maximum Gasteiger partial charge on any atom is 0.251 e. The summed E-state index contributed by atoms with van der Waals surface area (Å²) in [5, 5.41) is 18.6. The number of benzene rings is 1. The van der Waals surface area contributed by atoms with Crippen LogP contribution in [0.2, 0.25) is 0 Å². The van der Waals surface area contributed by atoms with Gasteiger partial charge in [0.1, 0.15) is 18.5 Å². The van der Waals surface area contributed by atoms with Crippen molar-refractivity contribution < 1.29 is 23.7 Å². The minimum atomic E-state index is -2.51. The summed E-state index contributed by atoms with van der Waals surface area (Å²) < 4.78 is 30.1. The van der Waals surface area contributed by atoms with Gasteiger partial charge in [0.15, 0.2) is 0 Å². The molecule has 1 aromatic rings. The number of hydrogen-bond acceptors (Lipinski definition) is 5. The van der Waals surface area contributed by atoms with Crippen LogP contribution in [-0.4, -0.2) is 60.5 Å². The van der Waals surface area contributed by atoms with Crippen molar-refractivity contribution >= 4 is 0 Å². The fourth-order valence-electron chi connectivity index (χ4n) is 1.90. The van der Waals surface area contributed by atoms with Gasteiger partial charge in [0, 0.05) is 19.6 Å². The number of halogens is 2. The van der Waals surface area contributed by atoms with Crippen LogP contribution in [0.4, 0.5) is 8.78 Å². The largest absolute Gasteiger partial charge is 0.491 e. The summed E-state index contributed by atoms with van der Waals surface area (Å²) in [6.45, 7) is -0.248. The van der Waals surface area contributed by atoms with E-state index in [9.17, 15) is 13.9 Å². The lowest BCUT2D eigenvalue weighted by Crippen LogP contribution is -2.39. The molecule has 1 atom stereocenters. The Balaban J connectivity index is 2.42. The molecule has 1 aromatic carbocycles. The smallest absolute Gasteiger partial charge is 0.251 e. The Kier molecular flexibility index (Phi) is 8.14. The third-order valence-electron chi connectivity index (χ3n) is 2.86. The number of aliphatic hydroxyl groups is 2. The zero-order valence-electron chi connectivity index (χ0n) is 11.8. The van der Waals surface area contributed by atoms with Crippen LogP contribution in [0.5, 0.6) is 5.75 Å². The lowest BCUT2D eigenvalue weighted by molar-refractivity contribution is 0.0298. The Labute approximate surface area is 122 Å². The first-order valence-electron chi connectivity index (χ1n) is 6.76. The number of alkyl halides is 2. The van der Waals surface area contributed by atoms with Crippen molar-refractivity contribution in [1.82, 2.24) is 4.90 Å². The van der Waals surface area contributed by atoms with Crippen molar-refractivity contribution in [3.63, 3.8) is 0 Å². The van der Waals surface area contributed by atoms with E-state index in [1.807, 2.05) is 6.07 Å². The van der Waals surface area contributed by atoms with Crippen molar-refractivity contribution in [2.24, 2.45) is 5.73 Å². The fraction of sp³-hybridized carbons (Fsp3) is 0.571. The summed E-state index contributed by atoms with van der Waals surface area (Å²) in [7, 11) is 0. The second kappa shape index (κ2) is 9.62. The predicted molar refractivity (Wildman–Crippen MR) is 75.4 cm³/mol. The normalized spacial score (nSPS) is 12.9. The molecule has 0 radical (unpaired) electrons. The van der Waals surface area contributed by atoms with Crippen LogP contribution < -0.4 is 10.5 Å². The van der Waals surface area contributed by atoms with E-state index in [4.69, 9.17) is 15.6 Å². The minimum Gasteiger partial charge on any atom is -0.491 e. The van der Waals surface area contributed by atoms with Crippen molar-refractivity contribution in [3.8, 4) is 5.75 Å². The summed E-state index contributed by atoms with van der Waals surface area (Å²) in [6.07, 6.45) is -3.43. The summed E-state index contributed by atoms with van der Waals surface area (Å²) in [5.74, 6) is 0.569. The Morgan fingerprint density at radius 2 is 2.05 bits per heavy atom. The Morgan fingerprint density at radius 1 is 1.29 bits per heavy atom. The molecule has 120 valence electrons. The second-order valence-corrected chi connectivity index (χ2v) is 4.69. The highest BCUT2D eigenvalue weighted by molar-refractivity contribution is 5.28. The molecular formula is C14H22F2N2O3. The predicted octanol–water partition coefficient (Wildman–Crippen LogP) is 0.444. The fourth-order valence-corrected chi connectivity index (χ4v) is 1.90. The van der Waals surface area contributed by atoms with Crippen LogP contribution in [-0.2, 0) is 6.54 Å². The maximum absolute atomic E-state index is 12.3. The number of hydrogen-bond donors (Lipinski definition) is 3. The third-order valence-corrected chi connectivity index (χ3v) is 2.86. The molecule has 1 unspecified atom stereocenters. The van der Waals surface area contributed by atoms with Crippen molar-refractivity contribution in [2.45, 2.75) is 19.1 Å². The summed E-state index contributed by atoms with van der Waals surface area (Å²) in [5.41, 5.74) is 6.42. The van der Waals surface area contributed by atoms with Crippen LogP contribution in [0.25, 0.3) is 0 Å². The highest BCUT2D eigenvalue weighted by atomic mass is 19.3. The Bertz CT molecular complexity index is 408. The summed E-state index contributed by atoms with van der Waals surface area (Å²) in [6, 6.07) is 7.14. The van der Waals surface area contributed by atoms with Gasteiger partial charge in [-0.3, -0.25) is 4.90 Å². The molecule has 0 spiro atoms. The van der Waals surface area contributed by atoms with Gasteiger partial charge in [-0.25, -0.2) is 8.78 Å². The maximum atomic E-state index is 12.3. The van der Waals surface area contributed by atoms with Gasteiger partial charge in [-0.05, 0) is 17.7 Å². The molecule has 0 saturated heterocycles. The molecule has 0 aromatic heterocycles. The van der Waals surface area contributed by atoms with E-state index in [0.29, 0.717) is 12.3 Å². The van der Waals surface area contributed by atoms with E-state index in [1.165, 1.54) is 4.90 Å². The van der Waals surface area contributed by atoms with Crippen LogP contribution >= 0.6 is 0 Å². The number of nitrogens with zero attached hydrogens (tertiary/aromatic N) is 1. The molecule has 4 N–H and O–H groups in total. The van der Waals surface area contributed by atoms with Crippen LogP contribution in [0.15, 0.2) is 24.3 Å². The molecule has 0 heterocycles. The van der Waals surface area contributed by atoms with Gasteiger partial charge < -0.3 is 20.7 Å². The standard InChI is InChI=1S/C14H22F2N2O3/c15-14(16)9-18(4-5-19)8-12(20)10-21-13-3-1-2-11(6-13)7-17/h1-3,6,12,14,19-20H,4-5,7-10,17H2. The summed E-state index contributed by atoms with van der Waals surface area (Å²) >= 11 is 0. The molecule has 0 saturated carbocycles. The van der Waals surface area contributed by atoms with Crippen LogP contribution in [0, 0.1) is 0 Å². The lowest BCUT2D eigenvalue weighted by atomic mass is 10.2. The van der Waals surface area contributed by atoms with Gasteiger partial charge in [-0.15, -0.1) is 0 Å². The molecule has 0 aliphatic heterocycles. The van der Waals surface area contributed by atoms with E-state index >= 15 is 0 Å². The highest BCUT2D eigenvalue weighted by Crippen LogP contribution is 2.13. The number of aliphatic hydroxyl groups excluding tert-OH is 2. The van der Waals surface area contributed by atoms with Gasteiger partial charge in [-0.1, -0.05) is 12.1 Å². The average Bonchev–Trinajstić information content (AvgIpc) is 2.45. The molecule has 0 bridgehead atoms. The van der Waals surface area contributed by atoms with Crippen molar-refractivity contribution in [3.05, 3.63) is 29.8 Å². The van der Waals surface area contributed by atoms with E-state index in [2.05, 4.69) is 0 Å². The quantitative estimate of drug-likeness (QED) is 0.585. The first-order chi connectivity index (χ1) is 10.0. The number of nitrogens with two attached hydrogens (primary N) is 1. The molecule has 0 fully saturated rings. The minimum absolute atomic E-state index is 0.0147. The van der Waals surface area contributed by atoms with Gasteiger partial charge in [-0.2, -0.15) is 0 Å². The van der Waals surface area contributed by atoms with Gasteiger partial charge in [0.2, 0.25) is 0 Å². The monoisotopic (exact) mass is 304 g/mol.